The average molecular weight is 329 g/mol. The average Bonchev–Trinajstić information content (AvgIpc) is 2.54. The summed E-state index contributed by atoms with van der Waals surface area (Å²) < 4.78 is 11.3. The van der Waals surface area contributed by atoms with Crippen LogP contribution in [0, 0.1) is 6.92 Å². The van der Waals surface area contributed by atoms with Crippen molar-refractivity contribution in [3.63, 3.8) is 0 Å². The molecule has 2 aromatic rings. The normalized spacial score (nSPS) is 10.5. The molecule has 3 N–H and O–H groups in total. The molecule has 0 fully saturated rings. The quantitative estimate of drug-likeness (QED) is 0.484. The van der Waals surface area contributed by atoms with Crippen molar-refractivity contribution in [3.05, 3.63) is 59.2 Å². The van der Waals surface area contributed by atoms with Gasteiger partial charge in [-0.1, -0.05) is 35.9 Å². The van der Waals surface area contributed by atoms with Crippen LogP contribution in [0.25, 0.3) is 0 Å². The van der Waals surface area contributed by atoms with Gasteiger partial charge in [0.25, 0.3) is 0 Å². The minimum absolute atomic E-state index is 0.103. The number of nitrogens with two attached hydrogens (primary N) is 1. The lowest BCUT2D eigenvalue weighted by Gasteiger charge is -2.13. The standard InChI is InChI=1S/C17H19N3O2S/c1-12-6-8-13(9-7-12)11-22-16-14(10-19-20-17(18)23)4-3-5-15(16)21-2/h3-10H,11H2,1-2H3,(H3,18,20,23)/b19-10+. The highest BCUT2D eigenvalue weighted by Crippen LogP contribution is 2.30. The zero-order valence-electron chi connectivity index (χ0n) is 13.1. The molecule has 0 aliphatic rings. The van der Waals surface area contributed by atoms with Crippen LogP contribution in [0.3, 0.4) is 0 Å². The van der Waals surface area contributed by atoms with Crippen molar-refractivity contribution in [1.29, 1.82) is 0 Å². The molecule has 6 heteroatoms. The first-order chi connectivity index (χ1) is 11.1. The maximum absolute atomic E-state index is 5.93. The van der Waals surface area contributed by atoms with Crippen molar-refractivity contribution in [2.45, 2.75) is 13.5 Å². The van der Waals surface area contributed by atoms with Crippen LogP contribution in [0.4, 0.5) is 0 Å². The second-order valence-corrected chi connectivity index (χ2v) is 5.33. The van der Waals surface area contributed by atoms with Crippen molar-refractivity contribution < 1.29 is 9.47 Å². The third-order valence-electron chi connectivity index (χ3n) is 3.11. The van der Waals surface area contributed by atoms with Gasteiger partial charge in [-0.25, -0.2) is 0 Å². The molecule has 0 saturated carbocycles. The Hall–Kier alpha value is -2.60. The fourth-order valence-corrected chi connectivity index (χ4v) is 2.01. The molecule has 2 rings (SSSR count). The van der Waals surface area contributed by atoms with Crippen LogP contribution in [0.2, 0.25) is 0 Å². The molecular weight excluding hydrogens is 310 g/mol. The largest absolute Gasteiger partial charge is 0.493 e. The summed E-state index contributed by atoms with van der Waals surface area (Å²) in [5.41, 5.74) is 10.9. The number of para-hydroxylation sites is 1. The summed E-state index contributed by atoms with van der Waals surface area (Å²) in [5, 5.41) is 4.07. The molecule has 0 unspecified atom stereocenters. The molecule has 120 valence electrons. The Morgan fingerprint density at radius 3 is 2.65 bits per heavy atom. The molecule has 2 aromatic carbocycles. The second kappa shape index (κ2) is 8.14. The van der Waals surface area contributed by atoms with Gasteiger partial charge in [-0.2, -0.15) is 5.10 Å². The predicted octanol–water partition coefficient (Wildman–Crippen LogP) is 2.75. The Morgan fingerprint density at radius 2 is 2.00 bits per heavy atom. The molecule has 0 aromatic heterocycles. The van der Waals surface area contributed by atoms with Crippen molar-refractivity contribution >= 4 is 23.5 Å². The Morgan fingerprint density at radius 1 is 1.26 bits per heavy atom. The van der Waals surface area contributed by atoms with Gasteiger partial charge in [-0.05, 0) is 36.8 Å². The van der Waals surface area contributed by atoms with Crippen LogP contribution >= 0.6 is 12.2 Å². The van der Waals surface area contributed by atoms with E-state index in [9.17, 15) is 0 Å². The van der Waals surface area contributed by atoms with E-state index in [0.29, 0.717) is 18.1 Å². The van der Waals surface area contributed by atoms with E-state index in [2.05, 4.69) is 22.7 Å². The summed E-state index contributed by atoms with van der Waals surface area (Å²) in [6, 6.07) is 13.7. The Balaban J connectivity index is 2.19. The first-order valence-corrected chi connectivity index (χ1v) is 7.45. The second-order valence-electron chi connectivity index (χ2n) is 4.89. The third kappa shape index (κ3) is 4.96. The lowest BCUT2D eigenvalue weighted by atomic mass is 10.1. The molecule has 0 atom stereocenters. The Kier molecular flexibility index (Phi) is 5.94. The van der Waals surface area contributed by atoms with Gasteiger partial charge >= 0.3 is 0 Å². The van der Waals surface area contributed by atoms with Gasteiger partial charge in [-0.15, -0.1) is 0 Å². The summed E-state index contributed by atoms with van der Waals surface area (Å²) >= 11 is 4.71. The maximum atomic E-state index is 5.93. The number of rotatable bonds is 6. The number of ether oxygens (including phenoxy) is 2. The van der Waals surface area contributed by atoms with Crippen molar-refractivity contribution in [1.82, 2.24) is 5.43 Å². The third-order valence-corrected chi connectivity index (χ3v) is 3.20. The topological polar surface area (TPSA) is 68.9 Å². The van der Waals surface area contributed by atoms with Crippen LogP contribution < -0.4 is 20.6 Å². The van der Waals surface area contributed by atoms with E-state index in [1.54, 1.807) is 13.3 Å². The highest BCUT2D eigenvalue weighted by Gasteiger charge is 2.09. The summed E-state index contributed by atoms with van der Waals surface area (Å²) in [5.74, 6) is 1.25. The van der Waals surface area contributed by atoms with Crippen molar-refractivity contribution in [3.8, 4) is 11.5 Å². The molecule has 0 bridgehead atoms. The molecule has 0 aliphatic carbocycles. The lowest BCUT2D eigenvalue weighted by molar-refractivity contribution is 0.284. The van der Waals surface area contributed by atoms with Gasteiger partial charge in [0.05, 0.1) is 13.3 Å². The highest BCUT2D eigenvalue weighted by atomic mass is 32.1. The van der Waals surface area contributed by atoms with E-state index >= 15 is 0 Å². The molecule has 5 nitrogen and oxygen atoms in total. The van der Waals surface area contributed by atoms with Crippen LogP contribution in [0.1, 0.15) is 16.7 Å². The van der Waals surface area contributed by atoms with E-state index in [4.69, 9.17) is 27.4 Å². The van der Waals surface area contributed by atoms with Crippen LogP contribution in [0.15, 0.2) is 47.6 Å². The van der Waals surface area contributed by atoms with Gasteiger partial charge < -0.3 is 15.2 Å². The number of benzene rings is 2. The molecule has 0 saturated heterocycles. The molecule has 0 spiro atoms. The lowest BCUT2D eigenvalue weighted by Crippen LogP contribution is -2.24. The van der Waals surface area contributed by atoms with Crippen LogP contribution in [-0.4, -0.2) is 18.4 Å². The number of hydrogen-bond acceptors (Lipinski definition) is 4. The smallest absolute Gasteiger partial charge is 0.184 e. The summed E-state index contributed by atoms with van der Waals surface area (Å²) in [6.07, 6.45) is 1.59. The molecule has 0 radical (unpaired) electrons. The van der Waals surface area contributed by atoms with E-state index in [-0.39, 0.29) is 5.11 Å². The molecule has 0 aliphatic heterocycles. The Bertz CT molecular complexity index is 699. The number of nitrogens with one attached hydrogen (secondary N) is 1. The first kappa shape index (κ1) is 16.8. The van der Waals surface area contributed by atoms with E-state index < -0.39 is 0 Å². The number of hydrazone groups is 1. The van der Waals surface area contributed by atoms with E-state index in [0.717, 1.165) is 11.1 Å². The summed E-state index contributed by atoms with van der Waals surface area (Å²) in [7, 11) is 1.60. The number of hydrogen-bond donors (Lipinski definition) is 2. The van der Waals surface area contributed by atoms with Crippen molar-refractivity contribution in [2.24, 2.45) is 10.8 Å². The zero-order chi connectivity index (χ0) is 16.7. The van der Waals surface area contributed by atoms with Gasteiger partial charge in [0.15, 0.2) is 16.6 Å². The number of aryl methyl sites for hydroxylation is 1. The molecule has 23 heavy (non-hydrogen) atoms. The minimum Gasteiger partial charge on any atom is -0.493 e. The highest BCUT2D eigenvalue weighted by molar-refractivity contribution is 7.80. The SMILES string of the molecule is COc1cccc(/C=N/NC(N)=S)c1OCc1ccc(C)cc1. The zero-order valence-corrected chi connectivity index (χ0v) is 13.9. The van der Waals surface area contributed by atoms with Crippen molar-refractivity contribution in [2.75, 3.05) is 7.11 Å². The molecule has 0 heterocycles. The van der Waals surface area contributed by atoms with Gasteiger partial charge in [0.2, 0.25) is 0 Å². The maximum Gasteiger partial charge on any atom is 0.184 e. The number of thiocarbonyl (C=S) groups is 1. The van der Waals surface area contributed by atoms with E-state index in [1.165, 1.54) is 5.56 Å². The van der Waals surface area contributed by atoms with Gasteiger partial charge in [0, 0.05) is 5.56 Å². The number of nitrogens with zero attached hydrogens (tertiary/aromatic N) is 1. The Labute approximate surface area is 141 Å². The van der Waals surface area contributed by atoms with Gasteiger partial charge in [0.1, 0.15) is 6.61 Å². The molecule has 0 amide bonds. The molecular formula is C17H19N3O2S. The number of methoxy groups -OCH3 is 1. The predicted molar refractivity (Wildman–Crippen MR) is 96.0 cm³/mol. The summed E-state index contributed by atoms with van der Waals surface area (Å²) in [6.45, 7) is 2.48. The van der Waals surface area contributed by atoms with E-state index in [1.807, 2.05) is 37.3 Å². The van der Waals surface area contributed by atoms with Crippen LogP contribution in [0.5, 0.6) is 11.5 Å². The fraction of sp³-hybridized carbons (Fsp3) is 0.176. The minimum atomic E-state index is 0.103. The summed E-state index contributed by atoms with van der Waals surface area (Å²) in [4.78, 5) is 0. The first-order valence-electron chi connectivity index (χ1n) is 7.04. The van der Waals surface area contributed by atoms with Gasteiger partial charge in [-0.3, -0.25) is 5.43 Å². The fourth-order valence-electron chi connectivity index (χ4n) is 1.95. The monoisotopic (exact) mass is 329 g/mol. The van der Waals surface area contributed by atoms with Crippen LogP contribution in [-0.2, 0) is 6.61 Å².